The average Bonchev–Trinajstić information content (AvgIpc) is 3.33. The minimum Gasteiger partial charge on any atom is -0.466 e. The van der Waals surface area contributed by atoms with Crippen molar-refractivity contribution in [2.45, 2.75) is 341 Å². The van der Waals surface area contributed by atoms with Gasteiger partial charge in [0.2, 0.25) is 5.91 Å². The lowest BCUT2D eigenvalue weighted by molar-refractivity contribution is -0.143. The van der Waals surface area contributed by atoms with Gasteiger partial charge in [-0.15, -0.1) is 0 Å². The Labute approximate surface area is 418 Å². The summed E-state index contributed by atoms with van der Waals surface area (Å²) in [7, 11) is 0. The molecule has 0 saturated heterocycles. The molecule has 0 heterocycles. The van der Waals surface area contributed by atoms with Gasteiger partial charge in [0.1, 0.15) is 0 Å². The molecule has 0 aromatic rings. The van der Waals surface area contributed by atoms with Gasteiger partial charge in [0.15, 0.2) is 0 Å². The number of amides is 1. The fourth-order valence-electron chi connectivity index (χ4n) is 9.34. The van der Waals surface area contributed by atoms with E-state index in [1.54, 1.807) is 6.08 Å². The van der Waals surface area contributed by atoms with Crippen molar-refractivity contribution in [2.75, 3.05) is 13.2 Å². The van der Waals surface area contributed by atoms with E-state index in [1.807, 2.05) is 6.08 Å². The summed E-state index contributed by atoms with van der Waals surface area (Å²) in [6.45, 7) is 4.90. The average molecular weight is 945 g/mol. The maximum Gasteiger partial charge on any atom is 0.305 e. The van der Waals surface area contributed by atoms with E-state index in [-0.39, 0.29) is 18.5 Å². The van der Waals surface area contributed by atoms with E-state index in [9.17, 15) is 19.8 Å². The van der Waals surface area contributed by atoms with Crippen LogP contribution in [0.25, 0.3) is 0 Å². The number of unbranched alkanes of at least 4 members (excludes halogenated alkanes) is 43. The molecule has 6 heteroatoms. The Morgan fingerprint density at radius 2 is 0.701 bits per heavy atom. The highest BCUT2D eigenvalue weighted by Crippen LogP contribution is 2.17. The van der Waals surface area contributed by atoms with Crippen molar-refractivity contribution in [1.82, 2.24) is 5.32 Å². The molecular formula is C61H117NO5. The molecular weight excluding hydrogens is 827 g/mol. The molecule has 3 N–H and O–H groups in total. The van der Waals surface area contributed by atoms with Crippen molar-refractivity contribution in [3.8, 4) is 0 Å². The molecule has 2 unspecified atom stereocenters. The van der Waals surface area contributed by atoms with Crippen LogP contribution in [0.15, 0.2) is 24.3 Å². The molecule has 0 aromatic heterocycles. The van der Waals surface area contributed by atoms with Crippen LogP contribution in [0, 0.1) is 0 Å². The lowest BCUT2D eigenvalue weighted by atomic mass is 10.0. The molecule has 0 bridgehead atoms. The summed E-state index contributed by atoms with van der Waals surface area (Å²) >= 11 is 0. The maximum atomic E-state index is 12.5. The van der Waals surface area contributed by atoms with Crippen molar-refractivity contribution >= 4 is 11.9 Å². The summed E-state index contributed by atoms with van der Waals surface area (Å²) in [6, 6.07) is -0.627. The number of allylic oxidation sites excluding steroid dienone is 3. The number of hydrogen-bond donors (Lipinski definition) is 3. The Balaban J connectivity index is 3.39. The summed E-state index contributed by atoms with van der Waals surface area (Å²) in [4.78, 5) is 24.5. The number of nitrogens with one attached hydrogen (secondary N) is 1. The van der Waals surface area contributed by atoms with Gasteiger partial charge < -0.3 is 20.3 Å². The minimum absolute atomic E-state index is 0.00430. The summed E-state index contributed by atoms with van der Waals surface area (Å²) in [5, 5.41) is 23.1. The predicted molar refractivity (Wildman–Crippen MR) is 292 cm³/mol. The first-order chi connectivity index (χ1) is 33.0. The molecule has 396 valence electrons. The highest BCUT2D eigenvalue weighted by molar-refractivity contribution is 5.76. The number of rotatable bonds is 56. The Morgan fingerprint density at radius 3 is 1.06 bits per heavy atom. The molecule has 0 aromatic carbocycles. The Morgan fingerprint density at radius 1 is 0.403 bits per heavy atom. The number of carbonyl (C=O) groups is 2. The van der Waals surface area contributed by atoms with Crippen molar-refractivity contribution in [1.29, 1.82) is 0 Å². The van der Waals surface area contributed by atoms with E-state index >= 15 is 0 Å². The van der Waals surface area contributed by atoms with E-state index in [2.05, 4.69) is 31.3 Å². The van der Waals surface area contributed by atoms with E-state index in [0.29, 0.717) is 19.4 Å². The SMILES string of the molecule is CCCCCCC/C=C\CCCCCCCC(=O)OCCCCCCCCCCCCCCCCCCCCCCCCC(=O)NC(CO)C(O)/C=C/CCCCCCCCCCCCCC. The van der Waals surface area contributed by atoms with Crippen LogP contribution in [0.3, 0.4) is 0 Å². The third kappa shape index (κ3) is 53.5. The van der Waals surface area contributed by atoms with Gasteiger partial charge in [-0.25, -0.2) is 0 Å². The van der Waals surface area contributed by atoms with Crippen molar-refractivity contribution < 1.29 is 24.5 Å². The van der Waals surface area contributed by atoms with Gasteiger partial charge in [0, 0.05) is 12.8 Å². The number of carbonyl (C=O) groups excluding carboxylic acids is 2. The zero-order valence-corrected chi connectivity index (χ0v) is 45.1. The lowest BCUT2D eigenvalue weighted by Crippen LogP contribution is -2.45. The molecule has 0 radical (unpaired) electrons. The van der Waals surface area contributed by atoms with Crippen molar-refractivity contribution in [3.63, 3.8) is 0 Å². The fourth-order valence-corrected chi connectivity index (χ4v) is 9.34. The van der Waals surface area contributed by atoms with Gasteiger partial charge in [0.05, 0.1) is 25.4 Å². The molecule has 67 heavy (non-hydrogen) atoms. The molecule has 0 aliphatic rings. The molecule has 0 spiro atoms. The largest absolute Gasteiger partial charge is 0.466 e. The standard InChI is InChI=1S/C61H117NO5/c1-3-5-7-9-11-13-15-17-29-33-37-41-45-49-53-59(64)58(57-63)62-60(65)54-50-46-42-38-34-30-27-25-23-21-19-20-22-24-26-28-32-36-40-44-48-52-56-67-61(66)55-51-47-43-39-35-31-18-16-14-12-10-8-6-4-2/h16,18,49,53,58-59,63-64H,3-15,17,19-48,50-52,54-57H2,1-2H3,(H,62,65)/b18-16-,53-49+. The van der Waals surface area contributed by atoms with Gasteiger partial charge in [-0.1, -0.05) is 282 Å². The first kappa shape index (κ1) is 65.3. The van der Waals surface area contributed by atoms with Gasteiger partial charge in [-0.3, -0.25) is 9.59 Å². The number of hydrogen-bond acceptors (Lipinski definition) is 5. The number of aliphatic hydroxyl groups excluding tert-OH is 2. The van der Waals surface area contributed by atoms with Crippen LogP contribution in [0.1, 0.15) is 328 Å². The normalized spacial score (nSPS) is 12.7. The second-order valence-electron chi connectivity index (χ2n) is 20.7. The van der Waals surface area contributed by atoms with Crippen LogP contribution in [-0.4, -0.2) is 47.4 Å². The second kappa shape index (κ2) is 56.9. The zero-order valence-electron chi connectivity index (χ0n) is 45.1. The van der Waals surface area contributed by atoms with Gasteiger partial charge in [0.25, 0.3) is 0 Å². The second-order valence-corrected chi connectivity index (χ2v) is 20.7. The van der Waals surface area contributed by atoms with E-state index in [1.165, 1.54) is 257 Å². The number of ether oxygens (including phenoxy) is 1. The molecule has 0 aliphatic heterocycles. The van der Waals surface area contributed by atoms with Gasteiger partial charge in [-0.2, -0.15) is 0 Å². The molecule has 0 saturated carbocycles. The zero-order chi connectivity index (χ0) is 48.6. The van der Waals surface area contributed by atoms with Crippen LogP contribution in [0.4, 0.5) is 0 Å². The Hall–Kier alpha value is -1.66. The first-order valence-electron chi connectivity index (χ1n) is 30.1. The quantitative estimate of drug-likeness (QED) is 0.0321. The molecule has 6 nitrogen and oxygen atoms in total. The summed E-state index contributed by atoms with van der Waals surface area (Å²) in [5.41, 5.74) is 0. The van der Waals surface area contributed by atoms with Crippen LogP contribution in [-0.2, 0) is 14.3 Å². The van der Waals surface area contributed by atoms with Crippen molar-refractivity contribution in [3.05, 3.63) is 24.3 Å². The van der Waals surface area contributed by atoms with E-state index in [0.717, 1.165) is 44.9 Å². The maximum absolute atomic E-state index is 12.5. The third-order valence-electron chi connectivity index (χ3n) is 14.0. The molecule has 1 amide bonds. The fraction of sp³-hybridized carbons (Fsp3) is 0.902. The number of esters is 1. The molecule has 2 atom stereocenters. The molecule has 0 rings (SSSR count). The van der Waals surface area contributed by atoms with Gasteiger partial charge >= 0.3 is 5.97 Å². The smallest absolute Gasteiger partial charge is 0.305 e. The monoisotopic (exact) mass is 944 g/mol. The topological polar surface area (TPSA) is 95.9 Å². The number of aliphatic hydroxyl groups is 2. The van der Waals surface area contributed by atoms with E-state index < -0.39 is 12.1 Å². The molecule has 0 aliphatic carbocycles. The summed E-state index contributed by atoms with van der Waals surface area (Å²) in [5.74, 6) is -0.0629. The first-order valence-corrected chi connectivity index (χ1v) is 30.1. The Kier molecular flexibility index (Phi) is 55.5. The highest BCUT2D eigenvalue weighted by Gasteiger charge is 2.18. The summed E-state index contributed by atoms with van der Waals surface area (Å²) < 4.78 is 5.48. The molecule has 0 fully saturated rings. The van der Waals surface area contributed by atoms with Crippen LogP contribution in [0.5, 0.6) is 0 Å². The lowest BCUT2D eigenvalue weighted by Gasteiger charge is -2.20. The van der Waals surface area contributed by atoms with Crippen LogP contribution in [0.2, 0.25) is 0 Å². The van der Waals surface area contributed by atoms with Crippen LogP contribution < -0.4 is 5.32 Å². The van der Waals surface area contributed by atoms with Crippen LogP contribution >= 0.6 is 0 Å². The predicted octanol–water partition coefficient (Wildman–Crippen LogP) is 18.6. The summed E-state index contributed by atoms with van der Waals surface area (Å²) in [6.07, 6.45) is 69.2. The highest BCUT2D eigenvalue weighted by atomic mass is 16.5. The van der Waals surface area contributed by atoms with E-state index in [4.69, 9.17) is 4.74 Å². The third-order valence-corrected chi connectivity index (χ3v) is 14.0. The Bertz CT molecular complexity index is 1040. The van der Waals surface area contributed by atoms with Gasteiger partial charge in [-0.05, 0) is 57.8 Å². The van der Waals surface area contributed by atoms with Crippen molar-refractivity contribution in [2.24, 2.45) is 0 Å². The minimum atomic E-state index is -0.844.